The lowest BCUT2D eigenvalue weighted by atomic mass is 10.2. The van der Waals surface area contributed by atoms with Crippen molar-refractivity contribution >= 4 is 21.6 Å². The Balaban J connectivity index is 1.58. The third kappa shape index (κ3) is 4.99. The van der Waals surface area contributed by atoms with E-state index in [0.717, 1.165) is 5.56 Å². The van der Waals surface area contributed by atoms with Gasteiger partial charge in [-0.1, -0.05) is 6.07 Å². The quantitative estimate of drug-likeness (QED) is 0.766. The summed E-state index contributed by atoms with van der Waals surface area (Å²) in [6.07, 6.45) is 0.572. The van der Waals surface area contributed by atoms with E-state index in [-0.39, 0.29) is 23.5 Å². The largest absolute Gasteiger partial charge is 0.490 e. The number of benzene rings is 2. The molecule has 1 amide bonds. The lowest BCUT2D eigenvalue weighted by Gasteiger charge is -2.11. The summed E-state index contributed by atoms with van der Waals surface area (Å²) in [5, 5.41) is 2.44. The van der Waals surface area contributed by atoms with Crippen LogP contribution in [-0.2, 0) is 14.8 Å². The van der Waals surface area contributed by atoms with Gasteiger partial charge in [0.15, 0.2) is 11.5 Å². The first kappa shape index (κ1) is 20.1. The van der Waals surface area contributed by atoms with Crippen LogP contribution in [0.3, 0.4) is 0 Å². The van der Waals surface area contributed by atoms with Gasteiger partial charge in [-0.25, -0.2) is 17.5 Å². The molecule has 2 aromatic rings. The second-order valence-corrected chi connectivity index (χ2v) is 8.11. The van der Waals surface area contributed by atoms with Gasteiger partial charge in [-0.3, -0.25) is 4.79 Å². The highest BCUT2D eigenvalue weighted by Gasteiger charge is 2.19. The van der Waals surface area contributed by atoms with Crippen LogP contribution in [0.25, 0.3) is 0 Å². The van der Waals surface area contributed by atoms with Crippen molar-refractivity contribution in [1.29, 1.82) is 0 Å². The van der Waals surface area contributed by atoms with E-state index in [1.807, 2.05) is 0 Å². The number of hydrogen-bond donors (Lipinski definition) is 2. The molecule has 1 aliphatic rings. The number of ether oxygens (including phenoxy) is 2. The van der Waals surface area contributed by atoms with Crippen LogP contribution in [0.15, 0.2) is 41.3 Å². The molecule has 0 spiro atoms. The van der Waals surface area contributed by atoms with E-state index < -0.39 is 21.7 Å². The molecule has 1 aliphatic heterocycles. The molecule has 0 bridgehead atoms. The Morgan fingerprint density at radius 3 is 2.64 bits per heavy atom. The standard InChI is InChI=1S/C19H21FN2O5S/c1-13-3-5-15(20)16(11-13)22-19(23)7-8-21-28(24,25)14-4-6-17-18(12-14)27-10-2-9-26-17/h3-6,11-12,21H,2,7-10H2,1H3,(H,22,23). The number of carbonyl (C=O) groups is 1. The fourth-order valence-electron chi connectivity index (χ4n) is 2.64. The molecule has 2 N–H and O–H groups in total. The van der Waals surface area contributed by atoms with E-state index in [1.54, 1.807) is 19.1 Å². The Kier molecular flexibility index (Phi) is 6.15. The van der Waals surface area contributed by atoms with E-state index in [9.17, 15) is 17.6 Å². The Hall–Kier alpha value is -2.65. The van der Waals surface area contributed by atoms with Gasteiger partial charge >= 0.3 is 0 Å². The zero-order chi connectivity index (χ0) is 20.1. The van der Waals surface area contributed by atoms with Gasteiger partial charge in [-0.15, -0.1) is 0 Å². The minimum absolute atomic E-state index is 0.0156. The van der Waals surface area contributed by atoms with Crippen LogP contribution in [0.5, 0.6) is 11.5 Å². The van der Waals surface area contributed by atoms with Crippen molar-refractivity contribution < 1.29 is 27.1 Å². The molecule has 0 aliphatic carbocycles. The van der Waals surface area contributed by atoms with Crippen molar-refractivity contribution in [3.05, 3.63) is 47.8 Å². The molecular weight excluding hydrogens is 387 g/mol. The molecule has 0 fully saturated rings. The van der Waals surface area contributed by atoms with Crippen LogP contribution >= 0.6 is 0 Å². The second kappa shape index (κ2) is 8.57. The molecule has 0 atom stereocenters. The number of anilines is 1. The number of rotatable bonds is 6. The van der Waals surface area contributed by atoms with Gasteiger partial charge < -0.3 is 14.8 Å². The Labute approximate surface area is 162 Å². The molecule has 0 saturated heterocycles. The summed E-state index contributed by atoms with van der Waals surface area (Å²) >= 11 is 0. The summed E-state index contributed by atoms with van der Waals surface area (Å²) in [6, 6.07) is 8.72. The van der Waals surface area contributed by atoms with Crippen LogP contribution in [0.2, 0.25) is 0 Å². The fourth-order valence-corrected chi connectivity index (χ4v) is 3.69. The van der Waals surface area contributed by atoms with Crippen molar-refractivity contribution in [2.45, 2.75) is 24.7 Å². The normalized spacial score (nSPS) is 13.6. The number of fused-ring (bicyclic) bond motifs is 1. The highest BCUT2D eigenvalue weighted by molar-refractivity contribution is 7.89. The Morgan fingerprint density at radius 1 is 1.11 bits per heavy atom. The fraction of sp³-hybridized carbons (Fsp3) is 0.316. The van der Waals surface area contributed by atoms with Crippen molar-refractivity contribution in [1.82, 2.24) is 4.72 Å². The highest BCUT2D eigenvalue weighted by Crippen LogP contribution is 2.31. The maximum atomic E-state index is 13.7. The van der Waals surface area contributed by atoms with Crippen molar-refractivity contribution in [2.75, 3.05) is 25.1 Å². The monoisotopic (exact) mass is 408 g/mol. The summed E-state index contributed by atoms with van der Waals surface area (Å²) in [5.74, 6) is -0.179. The van der Waals surface area contributed by atoms with Crippen LogP contribution < -0.4 is 19.5 Å². The smallest absolute Gasteiger partial charge is 0.240 e. The van der Waals surface area contributed by atoms with Gasteiger partial charge in [-0.05, 0) is 36.8 Å². The van der Waals surface area contributed by atoms with Gasteiger partial charge in [0.05, 0.1) is 23.8 Å². The zero-order valence-electron chi connectivity index (χ0n) is 15.3. The lowest BCUT2D eigenvalue weighted by molar-refractivity contribution is -0.116. The number of nitrogens with one attached hydrogen (secondary N) is 2. The predicted octanol–water partition coefficient (Wildman–Crippen LogP) is 2.60. The minimum atomic E-state index is -3.83. The predicted molar refractivity (Wildman–Crippen MR) is 102 cm³/mol. The van der Waals surface area contributed by atoms with Gasteiger partial charge in [-0.2, -0.15) is 0 Å². The molecule has 3 rings (SSSR count). The van der Waals surface area contributed by atoms with Crippen LogP contribution in [0.4, 0.5) is 10.1 Å². The third-order valence-electron chi connectivity index (χ3n) is 4.07. The number of aryl methyl sites for hydroxylation is 1. The summed E-state index contributed by atoms with van der Waals surface area (Å²) < 4.78 is 51.9. The van der Waals surface area contributed by atoms with Crippen LogP contribution in [0.1, 0.15) is 18.4 Å². The topological polar surface area (TPSA) is 93.7 Å². The maximum Gasteiger partial charge on any atom is 0.240 e. The van der Waals surface area contributed by atoms with E-state index in [4.69, 9.17) is 9.47 Å². The number of amides is 1. The first-order valence-electron chi connectivity index (χ1n) is 8.80. The average Bonchev–Trinajstić information content (AvgIpc) is 2.89. The molecule has 2 aromatic carbocycles. The van der Waals surface area contributed by atoms with Crippen LogP contribution in [-0.4, -0.2) is 34.1 Å². The van der Waals surface area contributed by atoms with Crippen molar-refractivity contribution in [2.24, 2.45) is 0 Å². The Bertz CT molecular complexity index is 978. The molecule has 28 heavy (non-hydrogen) atoms. The SMILES string of the molecule is Cc1ccc(F)c(NC(=O)CCNS(=O)(=O)c2ccc3c(c2)OCCCO3)c1. The molecule has 0 radical (unpaired) electrons. The van der Waals surface area contributed by atoms with Gasteiger partial charge in [0, 0.05) is 25.5 Å². The Morgan fingerprint density at radius 2 is 1.86 bits per heavy atom. The van der Waals surface area contributed by atoms with E-state index in [0.29, 0.717) is 31.1 Å². The summed E-state index contributed by atoms with van der Waals surface area (Å²) in [4.78, 5) is 12.0. The lowest BCUT2D eigenvalue weighted by Crippen LogP contribution is -2.28. The zero-order valence-corrected chi connectivity index (χ0v) is 16.1. The molecular formula is C19H21FN2O5S. The highest BCUT2D eigenvalue weighted by atomic mass is 32.2. The number of halogens is 1. The molecule has 7 nitrogen and oxygen atoms in total. The molecule has 0 saturated carbocycles. The first-order chi connectivity index (χ1) is 13.3. The van der Waals surface area contributed by atoms with E-state index in [1.165, 1.54) is 24.3 Å². The number of sulfonamides is 1. The number of carbonyl (C=O) groups excluding carboxylic acids is 1. The van der Waals surface area contributed by atoms with Gasteiger partial charge in [0.25, 0.3) is 0 Å². The van der Waals surface area contributed by atoms with Crippen molar-refractivity contribution in [3.8, 4) is 11.5 Å². The number of hydrogen-bond acceptors (Lipinski definition) is 5. The molecule has 9 heteroatoms. The molecule has 150 valence electrons. The maximum absolute atomic E-state index is 13.7. The molecule has 0 aromatic heterocycles. The summed E-state index contributed by atoms with van der Waals surface area (Å²) in [6.45, 7) is 2.60. The van der Waals surface area contributed by atoms with Crippen molar-refractivity contribution in [3.63, 3.8) is 0 Å². The van der Waals surface area contributed by atoms with Gasteiger partial charge in [0.2, 0.25) is 15.9 Å². The summed E-state index contributed by atoms with van der Waals surface area (Å²) in [5.41, 5.74) is 0.863. The molecule has 1 heterocycles. The first-order valence-corrected chi connectivity index (χ1v) is 10.3. The second-order valence-electron chi connectivity index (χ2n) is 6.34. The van der Waals surface area contributed by atoms with E-state index >= 15 is 0 Å². The minimum Gasteiger partial charge on any atom is -0.490 e. The van der Waals surface area contributed by atoms with E-state index in [2.05, 4.69) is 10.0 Å². The molecule has 0 unspecified atom stereocenters. The summed E-state index contributed by atoms with van der Waals surface area (Å²) in [7, 11) is -3.83. The third-order valence-corrected chi connectivity index (χ3v) is 5.53. The van der Waals surface area contributed by atoms with Gasteiger partial charge in [0.1, 0.15) is 5.82 Å². The van der Waals surface area contributed by atoms with Crippen LogP contribution in [0, 0.1) is 12.7 Å². The average molecular weight is 408 g/mol.